The number of imidazole rings is 1. The van der Waals surface area contributed by atoms with Crippen molar-refractivity contribution in [2.75, 3.05) is 19.0 Å². The number of benzene rings is 2. The van der Waals surface area contributed by atoms with Gasteiger partial charge in [0.25, 0.3) is 5.91 Å². The highest BCUT2D eigenvalue weighted by molar-refractivity contribution is 6.04. The Morgan fingerprint density at radius 2 is 1.97 bits per heavy atom. The lowest BCUT2D eigenvalue weighted by atomic mass is 10.2. The number of nitrogens with one attached hydrogen (secondary N) is 1. The van der Waals surface area contributed by atoms with E-state index < -0.39 is 5.91 Å². The van der Waals surface area contributed by atoms with Crippen LogP contribution in [-0.4, -0.2) is 39.1 Å². The molecule has 0 spiro atoms. The number of nitrogens with zero attached hydrogens (tertiary/aromatic N) is 4. The largest absolute Gasteiger partial charge is 0.488 e. The van der Waals surface area contributed by atoms with Gasteiger partial charge in [-0.1, -0.05) is 18.2 Å². The molecule has 10 heteroatoms. The van der Waals surface area contributed by atoms with E-state index in [0.717, 1.165) is 5.56 Å². The highest BCUT2D eigenvalue weighted by Crippen LogP contribution is 2.31. The zero-order chi connectivity index (χ0) is 23.5. The van der Waals surface area contributed by atoms with Gasteiger partial charge in [0.1, 0.15) is 11.3 Å². The summed E-state index contributed by atoms with van der Waals surface area (Å²) in [5.41, 5.74) is 8.04. The smallest absolute Gasteiger partial charge is 0.304 e. The second-order valence-electron chi connectivity index (χ2n) is 7.17. The second kappa shape index (κ2) is 9.11. The molecule has 3 N–H and O–H groups in total. The van der Waals surface area contributed by atoms with Crippen molar-refractivity contribution in [3.05, 3.63) is 65.1 Å². The van der Waals surface area contributed by atoms with Gasteiger partial charge in [0, 0.05) is 6.54 Å². The third-order valence-electron chi connectivity index (χ3n) is 4.96. The maximum absolute atomic E-state index is 13.6. The van der Waals surface area contributed by atoms with E-state index in [9.17, 15) is 9.18 Å². The third kappa shape index (κ3) is 4.27. The number of para-hydroxylation sites is 1. The molecule has 0 aliphatic heterocycles. The van der Waals surface area contributed by atoms with Gasteiger partial charge in [-0.25, -0.2) is 13.9 Å². The molecule has 0 bridgehead atoms. The summed E-state index contributed by atoms with van der Waals surface area (Å²) in [4.78, 5) is 25.5. The molecule has 9 nitrogen and oxygen atoms in total. The molecule has 2 aromatic heterocycles. The van der Waals surface area contributed by atoms with E-state index in [1.807, 2.05) is 13.0 Å². The van der Waals surface area contributed by atoms with Crippen molar-refractivity contribution in [2.24, 2.45) is 5.73 Å². The molecule has 0 fully saturated rings. The number of rotatable bonds is 8. The minimum Gasteiger partial charge on any atom is -0.488 e. The number of amides is 1. The Morgan fingerprint density at radius 3 is 2.67 bits per heavy atom. The lowest BCUT2D eigenvalue weighted by Gasteiger charge is -2.16. The summed E-state index contributed by atoms with van der Waals surface area (Å²) >= 11 is 0. The SMILES string of the molecule is CCOc1c(C)nc(-n2c(OC)nc3c(C(N)=O)cccc32)nc1NCc1cccc(F)c1. The first-order valence-corrected chi connectivity index (χ1v) is 10.3. The first kappa shape index (κ1) is 22.0. The van der Waals surface area contributed by atoms with E-state index in [2.05, 4.69) is 20.3 Å². The number of ether oxygens (including phenoxy) is 2. The van der Waals surface area contributed by atoms with Gasteiger partial charge in [-0.2, -0.15) is 9.97 Å². The van der Waals surface area contributed by atoms with Crippen LogP contribution in [0.15, 0.2) is 42.5 Å². The standard InChI is InChI=1S/C23H23FN6O3/c1-4-33-19-13(2)27-22(29-21(19)26-12-14-7-5-8-15(24)11-14)30-17-10-6-9-16(20(25)31)18(17)28-23(30)32-3/h5-11H,4,12H2,1-3H3,(H2,25,31)(H,26,27,29). The van der Waals surface area contributed by atoms with Crippen LogP contribution in [0.2, 0.25) is 0 Å². The van der Waals surface area contributed by atoms with Crippen LogP contribution in [0.4, 0.5) is 10.2 Å². The van der Waals surface area contributed by atoms with Gasteiger partial charge in [-0.05, 0) is 43.7 Å². The number of methoxy groups -OCH3 is 1. The Hall–Kier alpha value is -4.21. The summed E-state index contributed by atoms with van der Waals surface area (Å²) in [5, 5.41) is 3.21. The molecule has 0 saturated heterocycles. The van der Waals surface area contributed by atoms with Crippen molar-refractivity contribution >= 4 is 22.8 Å². The number of hydrogen-bond donors (Lipinski definition) is 2. The number of fused-ring (bicyclic) bond motifs is 1. The van der Waals surface area contributed by atoms with Crippen LogP contribution in [-0.2, 0) is 6.54 Å². The molecule has 0 atom stereocenters. The highest BCUT2D eigenvalue weighted by Gasteiger charge is 2.22. The van der Waals surface area contributed by atoms with E-state index in [4.69, 9.17) is 15.2 Å². The number of aromatic nitrogens is 4. The number of primary amides is 1. The van der Waals surface area contributed by atoms with Crippen molar-refractivity contribution in [2.45, 2.75) is 20.4 Å². The predicted octanol–water partition coefficient (Wildman–Crippen LogP) is 3.38. The molecule has 170 valence electrons. The number of nitrogens with two attached hydrogens (primary N) is 1. The molecule has 33 heavy (non-hydrogen) atoms. The van der Waals surface area contributed by atoms with Crippen LogP contribution >= 0.6 is 0 Å². The summed E-state index contributed by atoms with van der Waals surface area (Å²) < 4.78 is 26.4. The number of carbonyl (C=O) groups is 1. The van der Waals surface area contributed by atoms with Crippen molar-refractivity contribution in [1.82, 2.24) is 19.5 Å². The van der Waals surface area contributed by atoms with Gasteiger partial charge in [0.05, 0.1) is 30.5 Å². The highest BCUT2D eigenvalue weighted by atomic mass is 19.1. The monoisotopic (exact) mass is 450 g/mol. The van der Waals surface area contributed by atoms with Gasteiger partial charge in [-0.3, -0.25) is 4.79 Å². The van der Waals surface area contributed by atoms with Gasteiger partial charge in [0.2, 0.25) is 5.95 Å². The van der Waals surface area contributed by atoms with Gasteiger partial charge < -0.3 is 20.5 Å². The normalized spacial score (nSPS) is 10.9. The minimum atomic E-state index is -0.603. The first-order chi connectivity index (χ1) is 15.9. The molecule has 1 amide bonds. The fourth-order valence-corrected chi connectivity index (χ4v) is 3.52. The number of anilines is 1. The Kier molecular flexibility index (Phi) is 6.07. The molecule has 0 aliphatic rings. The van der Waals surface area contributed by atoms with Crippen LogP contribution in [0.5, 0.6) is 11.8 Å². The van der Waals surface area contributed by atoms with Crippen molar-refractivity contribution in [3.8, 4) is 17.7 Å². The van der Waals surface area contributed by atoms with Crippen molar-refractivity contribution < 1.29 is 18.7 Å². The van der Waals surface area contributed by atoms with Crippen molar-refractivity contribution in [3.63, 3.8) is 0 Å². The van der Waals surface area contributed by atoms with Crippen LogP contribution in [0.3, 0.4) is 0 Å². The molecular formula is C23H23FN6O3. The number of carbonyl (C=O) groups excluding carboxylic acids is 1. The molecule has 2 heterocycles. The number of hydrogen-bond acceptors (Lipinski definition) is 7. The summed E-state index contributed by atoms with van der Waals surface area (Å²) in [6.07, 6.45) is 0. The average molecular weight is 450 g/mol. The lowest BCUT2D eigenvalue weighted by Crippen LogP contribution is -2.12. The van der Waals surface area contributed by atoms with E-state index in [1.54, 1.807) is 35.8 Å². The van der Waals surface area contributed by atoms with E-state index in [0.29, 0.717) is 41.4 Å². The van der Waals surface area contributed by atoms with E-state index >= 15 is 0 Å². The van der Waals surface area contributed by atoms with Gasteiger partial charge in [0.15, 0.2) is 11.6 Å². The molecule has 0 saturated carbocycles. The summed E-state index contributed by atoms with van der Waals surface area (Å²) in [6, 6.07) is 11.5. The minimum absolute atomic E-state index is 0.193. The van der Waals surface area contributed by atoms with Crippen LogP contribution < -0.4 is 20.5 Å². The van der Waals surface area contributed by atoms with Crippen LogP contribution in [0.1, 0.15) is 28.5 Å². The maximum atomic E-state index is 13.6. The zero-order valence-electron chi connectivity index (χ0n) is 18.4. The maximum Gasteiger partial charge on any atom is 0.304 e. The Balaban J connectivity index is 1.84. The summed E-state index contributed by atoms with van der Waals surface area (Å²) in [6.45, 7) is 4.39. The first-order valence-electron chi connectivity index (χ1n) is 10.3. The molecule has 0 radical (unpaired) electrons. The average Bonchev–Trinajstić information content (AvgIpc) is 3.18. The molecular weight excluding hydrogens is 427 g/mol. The molecule has 4 rings (SSSR count). The van der Waals surface area contributed by atoms with E-state index in [1.165, 1.54) is 19.2 Å². The predicted molar refractivity (Wildman–Crippen MR) is 121 cm³/mol. The van der Waals surface area contributed by atoms with Gasteiger partial charge in [-0.15, -0.1) is 0 Å². The molecule has 2 aromatic carbocycles. The molecule has 0 unspecified atom stereocenters. The third-order valence-corrected chi connectivity index (χ3v) is 4.96. The number of halogens is 1. The number of aryl methyl sites for hydroxylation is 1. The van der Waals surface area contributed by atoms with E-state index in [-0.39, 0.29) is 23.3 Å². The molecule has 4 aromatic rings. The van der Waals surface area contributed by atoms with Crippen molar-refractivity contribution in [1.29, 1.82) is 0 Å². The van der Waals surface area contributed by atoms with Crippen LogP contribution in [0.25, 0.3) is 17.0 Å². The lowest BCUT2D eigenvalue weighted by molar-refractivity contribution is 0.100. The Labute approximate surface area is 189 Å². The summed E-state index contributed by atoms with van der Waals surface area (Å²) in [5.74, 6) is 0.254. The quantitative estimate of drug-likeness (QED) is 0.423. The Morgan fingerprint density at radius 1 is 1.18 bits per heavy atom. The zero-order valence-corrected chi connectivity index (χ0v) is 18.4. The molecule has 0 aliphatic carbocycles. The second-order valence-corrected chi connectivity index (χ2v) is 7.17. The summed E-state index contributed by atoms with van der Waals surface area (Å²) in [7, 11) is 1.46. The fourth-order valence-electron chi connectivity index (χ4n) is 3.52. The topological polar surface area (TPSA) is 117 Å². The van der Waals surface area contributed by atoms with Crippen LogP contribution in [0, 0.1) is 12.7 Å². The van der Waals surface area contributed by atoms with Gasteiger partial charge >= 0.3 is 6.01 Å². The Bertz CT molecular complexity index is 1340. The fraction of sp³-hybridized carbons (Fsp3) is 0.217.